The van der Waals surface area contributed by atoms with Crippen molar-refractivity contribution in [3.05, 3.63) is 78.1 Å². The van der Waals surface area contributed by atoms with Crippen molar-refractivity contribution in [2.24, 2.45) is 0 Å². The topological polar surface area (TPSA) is 45.7 Å². The van der Waals surface area contributed by atoms with Crippen LogP contribution in [0.25, 0.3) is 10.8 Å². The number of nitrogens with zero attached hydrogens (tertiary/aromatic N) is 3. The first-order chi connectivity index (χ1) is 14.2. The summed E-state index contributed by atoms with van der Waals surface area (Å²) in [5.41, 5.74) is 2.07. The molecule has 2 fully saturated rings. The van der Waals surface area contributed by atoms with Gasteiger partial charge in [0.05, 0.1) is 11.6 Å². The number of piperidine rings is 1. The van der Waals surface area contributed by atoms with E-state index in [9.17, 15) is 4.79 Å². The third-order valence-electron chi connectivity index (χ3n) is 6.59. The number of benzene rings is 2. The minimum absolute atomic E-state index is 0.0435. The quantitative estimate of drug-likeness (QED) is 0.692. The van der Waals surface area contributed by atoms with E-state index in [0.717, 1.165) is 31.6 Å². The van der Waals surface area contributed by atoms with Gasteiger partial charge in [-0.05, 0) is 29.0 Å². The zero-order valence-corrected chi connectivity index (χ0v) is 16.6. The lowest BCUT2D eigenvalue weighted by molar-refractivity contribution is -0.183. The van der Waals surface area contributed by atoms with E-state index in [-0.39, 0.29) is 18.6 Å². The number of carbonyl (C=O) groups is 1. The zero-order chi connectivity index (χ0) is 19.8. The molecule has 2 atom stereocenters. The van der Waals surface area contributed by atoms with Crippen LogP contribution in [0.2, 0.25) is 0 Å². The number of aromatic nitrogens is 1. The molecule has 5 rings (SSSR count). The van der Waals surface area contributed by atoms with Crippen molar-refractivity contribution < 1.29 is 9.53 Å². The second-order valence-electron chi connectivity index (χ2n) is 8.04. The first-order valence-electron chi connectivity index (χ1n) is 10.2. The SMILES string of the molecule is CN1C(=O)CO[C@@H]2CN(Cc3cccc4cnccc34)CC[C@]21c1ccccc1. The molecule has 3 aromatic rings. The van der Waals surface area contributed by atoms with E-state index in [1.54, 1.807) is 0 Å². The Labute approximate surface area is 170 Å². The second-order valence-corrected chi connectivity index (χ2v) is 8.04. The van der Waals surface area contributed by atoms with Gasteiger partial charge in [0.15, 0.2) is 0 Å². The number of hydrogen-bond donors (Lipinski definition) is 0. The van der Waals surface area contributed by atoms with Gasteiger partial charge in [-0.2, -0.15) is 0 Å². The van der Waals surface area contributed by atoms with Crippen molar-refractivity contribution in [2.75, 3.05) is 26.7 Å². The molecule has 3 heterocycles. The van der Waals surface area contributed by atoms with Crippen LogP contribution in [0.3, 0.4) is 0 Å². The maximum Gasteiger partial charge on any atom is 0.249 e. The van der Waals surface area contributed by atoms with Crippen LogP contribution < -0.4 is 0 Å². The van der Waals surface area contributed by atoms with Crippen molar-refractivity contribution in [1.82, 2.24) is 14.8 Å². The first-order valence-corrected chi connectivity index (χ1v) is 10.2. The van der Waals surface area contributed by atoms with E-state index >= 15 is 0 Å². The molecule has 0 radical (unpaired) electrons. The monoisotopic (exact) mass is 387 g/mol. The highest BCUT2D eigenvalue weighted by Gasteiger charge is 2.52. The summed E-state index contributed by atoms with van der Waals surface area (Å²) in [5, 5.41) is 2.42. The Kier molecular flexibility index (Phi) is 4.57. The summed E-state index contributed by atoms with van der Waals surface area (Å²) < 4.78 is 6.13. The third-order valence-corrected chi connectivity index (χ3v) is 6.59. The number of likely N-dealkylation sites (tertiary alicyclic amines) is 1. The molecule has 0 N–H and O–H groups in total. The fraction of sp³-hybridized carbons (Fsp3) is 0.333. The van der Waals surface area contributed by atoms with Gasteiger partial charge in [0.2, 0.25) is 5.91 Å². The number of carbonyl (C=O) groups excluding carboxylic acids is 1. The number of likely N-dealkylation sites (N-methyl/N-ethyl adjacent to an activating group) is 1. The molecular weight excluding hydrogens is 362 g/mol. The summed E-state index contributed by atoms with van der Waals surface area (Å²) in [4.78, 5) is 21.1. The molecule has 0 spiro atoms. The van der Waals surface area contributed by atoms with Gasteiger partial charge in [-0.25, -0.2) is 0 Å². The van der Waals surface area contributed by atoms with Crippen LogP contribution in [0, 0.1) is 0 Å². The summed E-state index contributed by atoms with van der Waals surface area (Å²) in [6, 6.07) is 18.8. The zero-order valence-electron chi connectivity index (χ0n) is 16.6. The fourth-order valence-corrected chi connectivity index (χ4v) is 4.99. The number of fused-ring (bicyclic) bond motifs is 2. The Morgan fingerprint density at radius 3 is 2.86 bits per heavy atom. The molecule has 0 saturated carbocycles. The van der Waals surface area contributed by atoms with E-state index in [2.05, 4.69) is 46.3 Å². The standard InChI is InChI=1S/C24H25N3O2/c1-26-23(28)17-29-22-16-27(13-11-24(22,26)20-8-3-2-4-9-20)15-19-7-5-6-18-14-25-12-10-21(18)19/h2-10,12,14,22H,11,13,15-17H2,1H3/t22-,24+/m1/s1. The van der Waals surface area contributed by atoms with Gasteiger partial charge < -0.3 is 9.64 Å². The number of ether oxygens (including phenoxy) is 1. The molecule has 0 unspecified atom stereocenters. The van der Waals surface area contributed by atoms with Gasteiger partial charge in [-0.15, -0.1) is 0 Å². The van der Waals surface area contributed by atoms with Crippen LogP contribution in [-0.2, 0) is 21.6 Å². The largest absolute Gasteiger partial charge is 0.364 e. The highest BCUT2D eigenvalue weighted by Crippen LogP contribution is 2.42. The molecule has 1 amide bonds. The average Bonchev–Trinajstić information content (AvgIpc) is 2.77. The summed E-state index contributed by atoms with van der Waals surface area (Å²) in [6.45, 7) is 2.73. The van der Waals surface area contributed by atoms with Crippen LogP contribution in [0.4, 0.5) is 0 Å². The molecule has 2 aromatic carbocycles. The van der Waals surface area contributed by atoms with Crippen LogP contribution in [0.1, 0.15) is 17.5 Å². The lowest BCUT2D eigenvalue weighted by atomic mass is 9.76. The van der Waals surface area contributed by atoms with Gasteiger partial charge in [0, 0.05) is 44.5 Å². The van der Waals surface area contributed by atoms with E-state index in [0.29, 0.717) is 0 Å². The predicted octanol–water partition coefficient (Wildman–Crippen LogP) is 3.19. The van der Waals surface area contributed by atoms with Crippen molar-refractivity contribution >= 4 is 16.7 Å². The summed E-state index contributed by atoms with van der Waals surface area (Å²) in [5.74, 6) is 0.0557. The normalized spacial score (nSPS) is 25.2. The van der Waals surface area contributed by atoms with Crippen molar-refractivity contribution in [2.45, 2.75) is 24.6 Å². The third kappa shape index (κ3) is 3.02. The smallest absolute Gasteiger partial charge is 0.249 e. The van der Waals surface area contributed by atoms with Gasteiger partial charge in [-0.3, -0.25) is 14.7 Å². The molecule has 0 bridgehead atoms. The highest BCUT2D eigenvalue weighted by molar-refractivity contribution is 5.84. The predicted molar refractivity (Wildman–Crippen MR) is 112 cm³/mol. The average molecular weight is 387 g/mol. The molecule has 1 aromatic heterocycles. The Morgan fingerprint density at radius 1 is 1.14 bits per heavy atom. The van der Waals surface area contributed by atoms with Gasteiger partial charge in [-0.1, -0.05) is 48.5 Å². The number of hydrogen-bond acceptors (Lipinski definition) is 4. The number of morpholine rings is 1. The summed E-state index contributed by atoms with van der Waals surface area (Å²) >= 11 is 0. The number of rotatable bonds is 3. The maximum atomic E-state index is 12.5. The van der Waals surface area contributed by atoms with Crippen LogP contribution >= 0.6 is 0 Å². The second kappa shape index (κ2) is 7.25. The van der Waals surface area contributed by atoms with Gasteiger partial charge >= 0.3 is 0 Å². The Bertz CT molecular complexity index is 1030. The molecule has 2 aliphatic heterocycles. The lowest BCUT2D eigenvalue weighted by Gasteiger charge is -2.55. The molecular formula is C24H25N3O2. The van der Waals surface area contributed by atoms with Crippen molar-refractivity contribution in [3.63, 3.8) is 0 Å². The highest BCUT2D eigenvalue weighted by atomic mass is 16.5. The van der Waals surface area contributed by atoms with Crippen molar-refractivity contribution in [1.29, 1.82) is 0 Å². The molecule has 0 aliphatic carbocycles. The summed E-state index contributed by atoms with van der Waals surface area (Å²) in [6.07, 6.45) is 4.59. The van der Waals surface area contributed by atoms with Crippen LogP contribution in [0.5, 0.6) is 0 Å². The minimum Gasteiger partial charge on any atom is -0.364 e. The Morgan fingerprint density at radius 2 is 2.00 bits per heavy atom. The van der Waals surface area contributed by atoms with E-state index in [4.69, 9.17) is 4.74 Å². The number of amides is 1. The van der Waals surface area contributed by atoms with E-state index < -0.39 is 5.54 Å². The Balaban J connectivity index is 1.45. The first kappa shape index (κ1) is 18.3. The van der Waals surface area contributed by atoms with E-state index in [1.165, 1.54) is 16.3 Å². The minimum atomic E-state index is -0.393. The molecule has 5 heteroatoms. The van der Waals surface area contributed by atoms with Crippen LogP contribution in [0.15, 0.2) is 67.0 Å². The fourth-order valence-electron chi connectivity index (χ4n) is 4.99. The lowest BCUT2D eigenvalue weighted by Crippen LogP contribution is -2.66. The van der Waals surface area contributed by atoms with E-state index in [1.807, 2.05) is 42.5 Å². The summed E-state index contributed by atoms with van der Waals surface area (Å²) in [7, 11) is 1.93. The van der Waals surface area contributed by atoms with Gasteiger partial charge in [0.25, 0.3) is 0 Å². The maximum absolute atomic E-state index is 12.5. The molecule has 2 aliphatic rings. The van der Waals surface area contributed by atoms with Crippen molar-refractivity contribution in [3.8, 4) is 0 Å². The van der Waals surface area contributed by atoms with Crippen LogP contribution in [-0.4, -0.2) is 53.5 Å². The molecule has 29 heavy (non-hydrogen) atoms. The molecule has 2 saturated heterocycles. The number of pyridine rings is 1. The Hall–Kier alpha value is -2.76. The van der Waals surface area contributed by atoms with Gasteiger partial charge in [0.1, 0.15) is 6.61 Å². The molecule has 5 nitrogen and oxygen atoms in total. The molecule has 148 valence electrons.